The number of allylic oxidation sites excluding steroid dienone is 1. The van der Waals surface area contributed by atoms with Crippen LogP contribution in [0.4, 0.5) is 5.69 Å². The first-order chi connectivity index (χ1) is 12.7. The smallest absolute Gasteiger partial charge is 0.339 e. The van der Waals surface area contributed by atoms with Crippen LogP contribution in [0.15, 0.2) is 59.5 Å². The van der Waals surface area contributed by atoms with Crippen molar-refractivity contribution >= 4 is 21.8 Å². The summed E-state index contributed by atoms with van der Waals surface area (Å²) >= 11 is 0. The van der Waals surface area contributed by atoms with E-state index in [1.807, 2.05) is 0 Å². The zero-order chi connectivity index (χ0) is 20.0. The summed E-state index contributed by atoms with van der Waals surface area (Å²) in [5, 5.41) is 10.9. The lowest BCUT2D eigenvalue weighted by Crippen LogP contribution is -2.12. The number of nitro benzene ring substituents is 1. The molecule has 2 aromatic carbocycles. The lowest BCUT2D eigenvalue weighted by molar-refractivity contribution is -0.385. The lowest BCUT2D eigenvalue weighted by Gasteiger charge is -2.09. The van der Waals surface area contributed by atoms with Crippen molar-refractivity contribution in [3.8, 4) is 5.75 Å². The molecule has 2 rings (SSSR count). The Bertz CT molecular complexity index is 979. The van der Waals surface area contributed by atoms with Crippen molar-refractivity contribution in [1.82, 2.24) is 0 Å². The molecule has 0 aromatic heterocycles. The first-order valence-corrected chi connectivity index (χ1v) is 9.23. The van der Waals surface area contributed by atoms with Crippen LogP contribution >= 0.6 is 0 Å². The van der Waals surface area contributed by atoms with Gasteiger partial charge in [-0.1, -0.05) is 18.2 Å². The maximum atomic E-state index is 12.4. The molecule has 0 saturated heterocycles. The van der Waals surface area contributed by atoms with E-state index < -0.39 is 21.0 Å². The van der Waals surface area contributed by atoms with Gasteiger partial charge in [0.2, 0.25) is 0 Å². The Kier molecular flexibility index (Phi) is 6.30. The molecule has 142 valence electrons. The van der Waals surface area contributed by atoms with E-state index in [4.69, 9.17) is 8.92 Å². The second-order valence-corrected chi connectivity index (χ2v) is 6.95. The summed E-state index contributed by atoms with van der Waals surface area (Å²) in [6.45, 7) is 3.43. The Hall–Kier alpha value is -3.20. The molecule has 0 aliphatic carbocycles. The zero-order valence-corrected chi connectivity index (χ0v) is 15.4. The quantitative estimate of drug-likeness (QED) is 0.234. The SMILES string of the molecule is C/C=C/COC(=O)c1ccc(OS(=O)(=O)c2cc([N+](=O)[O-])ccc2C)cc1. The van der Waals surface area contributed by atoms with Gasteiger partial charge in [0.25, 0.3) is 5.69 Å². The number of nitrogens with zero attached hydrogens (tertiary/aromatic N) is 1. The fourth-order valence-electron chi connectivity index (χ4n) is 2.09. The summed E-state index contributed by atoms with van der Waals surface area (Å²) in [5.74, 6) is -0.594. The van der Waals surface area contributed by atoms with Crippen molar-refractivity contribution in [3.63, 3.8) is 0 Å². The molecule has 0 bridgehead atoms. The second-order valence-electron chi connectivity index (χ2n) is 5.44. The fraction of sp³-hybridized carbons (Fsp3) is 0.167. The van der Waals surface area contributed by atoms with Crippen molar-refractivity contribution in [2.24, 2.45) is 0 Å². The predicted molar refractivity (Wildman–Crippen MR) is 97.2 cm³/mol. The molecule has 0 spiro atoms. The minimum atomic E-state index is -4.28. The number of hydrogen-bond acceptors (Lipinski definition) is 7. The van der Waals surface area contributed by atoms with Gasteiger partial charge in [-0.3, -0.25) is 10.1 Å². The minimum Gasteiger partial charge on any atom is -0.458 e. The number of nitro groups is 1. The van der Waals surface area contributed by atoms with Crippen LogP contribution in [0, 0.1) is 17.0 Å². The highest BCUT2D eigenvalue weighted by Crippen LogP contribution is 2.25. The van der Waals surface area contributed by atoms with Gasteiger partial charge >= 0.3 is 16.1 Å². The molecule has 0 amide bonds. The van der Waals surface area contributed by atoms with Crippen molar-refractivity contribution in [2.75, 3.05) is 6.61 Å². The van der Waals surface area contributed by atoms with E-state index in [-0.39, 0.29) is 28.5 Å². The van der Waals surface area contributed by atoms with Gasteiger partial charge in [0.15, 0.2) is 0 Å². The minimum absolute atomic E-state index is 0.0362. The van der Waals surface area contributed by atoms with Crippen LogP contribution in [-0.4, -0.2) is 25.9 Å². The van der Waals surface area contributed by atoms with Crippen molar-refractivity contribution in [3.05, 3.63) is 75.9 Å². The van der Waals surface area contributed by atoms with E-state index in [1.54, 1.807) is 19.1 Å². The van der Waals surface area contributed by atoms with E-state index in [2.05, 4.69) is 0 Å². The highest BCUT2D eigenvalue weighted by Gasteiger charge is 2.23. The van der Waals surface area contributed by atoms with Crippen LogP contribution in [0.5, 0.6) is 5.75 Å². The van der Waals surface area contributed by atoms with Crippen molar-refractivity contribution in [1.29, 1.82) is 0 Å². The summed E-state index contributed by atoms with van der Waals surface area (Å²) in [7, 11) is -4.28. The summed E-state index contributed by atoms with van der Waals surface area (Å²) in [6, 6.07) is 8.82. The third-order valence-corrected chi connectivity index (χ3v) is 4.88. The molecule has 0 N–H and O–H groups in total. The molecule has 0 unspecified atom stereocenters. The molecule has 0 aliphatic rings. The Balaban J connectivity index is 2.20. The van der Waals surface area contributed by atoms with E-state index in [0.29, 0.717) is 5.56 Å². The third kappa shape index (κ3) is 5.14. The number of carbonyl (C=O) groups is 1. The Morgan fingerprint density at radius 3 is 2.44 bits per heavy atom. The summed E-state index contributed by atoms with van der Waals surface area (Å²) in [5.41, 5.74) is 0.183. The Labute approximate surface area is 156 Å². The molecule has 2 aromatic rings. The molecule has 0 saturated carbocycles. The summed E-state index contributed by atoms with van der Waals surface area (Å²) < 4.78 is 34.9. The van der Waals surface area contributed by atoms with Crippen LogP contribution in [0.2, 0.25) is 0 Å². The molecule has 27 heavy (non-hydrogen) atoms. The van der Waals surface area contributed by atoms with E-state index in [1.165, 1.54) is 43.3 Å². The lowest BCUT2D eigenvalue weighted by atomic mass is 10.2. The topological polar surface area (TPSA) is 113 Å². The summed E-state index contributed by atoms with van der Waals surface area (Å²) in [4.78, 5) is 21.7. The monoisotopic (exact) mass is 391 g/mol. The van der Waals surface area contributed by atoms with Crippen LogP contribution in [0.1, 0.15) is 22.8 Å². The first-order valence-electron chi connectivity index (χ1n) is 7.82. The zero-order valence-electron chi connectivity index (χ0n) is 14.6. The maximum Gasteiger partial charge on any atom is 0.339 e. The van der Waals surface area contributed by atoms with Gasteiger partial charge in [0, 0.05) is 12.1 Å². The molecule has 0 atom stereocenters. The number of esters is 1. The number of benzene rings is 2. The number of hydrogen-bond donors (Lipinski definition) is 0. The third-order valence-electron chi connectivity index (χ3n) is 3.49. The van der Waals surface area contributed by atoms with Crippen molar-refractivity contribution < 1.29 is 27.1 Å². The van der Waals surface area contributed by atoms with Gasteiger partial charge in [-0.15, -0.1) is 0 Å². The molecule has 0 radical (unpaired) electrons. The van der Waals surface area contributed by atoms with E-state index in [9.17, 15) is 23.3 Å². The maximum absolute atomic E-state index is 12.4. The molecular weight excluding hydrogens is 374 g/mol. The normalized spacial score (nSPS) is 11.3. The molecular formula is C18H17NO7S. The molecule has 8 nitrogen and oxygen atoms in total. The van der Waals surface area contributed by atoms with E-state index >= 15 is 0 Å². The molecule has 9 heteroatoms. The van der Waals surface area contributed by atoms with E-state index in [0.717, 1.165) is 6.07 Å². The van der Waals surface area contributed by atoms with Crippen LogP contribution in [0.3, 0.4) is 0 Å². The highest BCUT2D eigenvalue weighted by molar-refractivity contribution is 7.87. The number of non-ortho nitro benzene ring substituents is 1. The Morgan fingerprint density at radius 1 is 1.19 bits per heavy atom. The highest BCUT2D eigenvalue weighted by atomic mass is 32.2. The fourth-order valence-corrected chi connectivity index (χ4v) is 3.27. The van der Waals surface area contributed by atoms with Gasteiger partial charge in [-0.05, 0) is 43.7 Å². The number of aryl methyl sites for hydroxylation is 1. The average molecular weight is 391 g/mol. The number of carbonyl (C=O) groups excluding carboxylic acids is 1. The second kappa shape index (κ2) is 8.45. The predicted octanol–water partition coefficient (Wildman–Crippen LogP) is 3.40. The van der Waals surface area contributed by atoms with Crippen molar-refractivity contribution in [2.45, 2.75) is 18.7 Å². The van der Waals surface area contributed by atoms with Crippen LogP contribution in [-0.2, 0) is 14.9 Å². The van der Waals surface area contributed by atoms with Gasteiger partial charge in [0.1, 0.15) is 17.3 Å². The number of rotatable bonds is 7. The van der Waals surface area contributed by atoms with Crippen LogP contribution in [0.25, 0.3) is 0 Å². The van der Waals surface area contributed by atoms with Gasteiger partial charge in [-0.2, -0.15) is 8.42 Å². The average Bonchev–Trinajstić information content (AvgIpc) is 2.62. The molecule has 0 fully saturated rings. The molecule has 0 aliphatic heterocycles. The first kappa shape index (κ1) is 20.1. The summed E-state index contributed by atoms with van der Waals surface area (Å²) in [6.07, 6.45) is 3.41. The largest absolute Gasteiger partial charge is 0.458 e. The molecule has 0 heterocycles. The standard InChI is InChI=1S/C18H17NO7S/c1-3-4-11-25-18(20)14-6-9-16(10-7-14)26-27(23,24)17-12-15(19(21)22)8-5-13(17)2/h3-10,12H,11H2,1-2H3/b4-3+. The number of ether oxygens (including phenoxy) is 1. The Morgan fingerprint density at radius 2 is 1.85 bits per heavy atom. The van der Waals surface area contributed by atoms with Crippen LogP contribution < -0.4 is 4.18 Å². The van der Waals surface area contributed by atoms with Gasteiger partial charge in [0.05, 0.1) is 10.5 Å². The van der Waals surface area contributed by atoms with Gasteiger partial charge < -0.3 is 8.92 Å². The van der Waals surface area contributed by atoms with Gasteiger partial charge in [-0.25, -0.2) is 4.79 Å².